The Morgan fingerprint density at radius 1 is 1.61 bits per heavy atom. The lowest BCUT2D eigenvalue weighted by Crippen LogP contribution is -2.31. The maximum atomic E-state index is 11.3. The molecule has 0 aromatic carbocycles. The minimum atomic E-state index is -0.468. The fraction of sp³-hybridized carbons (Fsp3) is 0.583. The average molecular weight is 250 g/mol. The minimum absolute atomic E-state index is 0.224. The van der Waals surface area contributed by atoms with Crippen LogP contribution in [0.3, 0.4) is 0 Å². The molecule has 0 radical (unpaired) electrons. The van der Waals surface area contributed by atoms with Gasteiger partial charge in [-0.25, -0.2) is 9.78 Å². The van der Waals surface area contributed by atoms with Gasteiger partial charge in [-0.05, 0) is 26.4 Å². The predicted molar refractivity (Wildman–Crippen MR) is 67.5 cm³/mol. The van der Waals surface area contributed by atoms with Crippen LogP contribution in [-0.4, -0.2) is 54.1 Å². The summed E-state index contributed by atoms with van der Waals surface area (Å²) < 4.78 is 4.61. The van der Waals surface area contributed by atoms with Crippen molar-refractivity contribution in [3.63, 3.8) is 0 Å². The van der Waals surface area contributed by atoms with Crippen LogP contribution in [0.25, 0.3) is 0 Å². The van der Waals surface area contributed by atoms with Crippen LogP contribution in [-0.2, 0) is 4.74 Å². The molecule has 1 N–H and O–H groups in total. The second-order valence-electron chi connectivity index (χ2n) is 4.44. The van der Waals surface area contributed by atoms with Crippen molar-refractivity contribution in [3.05, 3.63) is 18.1 Å². The number of ether oxygens (including phenoxy) is 1. The van der Waals surface area contributed by atoms with Gasteiger partial charge in [-0.15, -0.1) is 0 Å². The van der Waals surface area contributed by atoms with Crippen LogP contribution in [0.1, 0.15) is 23.3 Å². The van der Waals surface area contributed by atoms with Crippen LogP contribution < -0.4 is 5.32 Å². The number of likely N-dealkylation sites (tertiary alicyclic amines) is 1. The van der Waals surface area contributed by atoms with Gasteiger partial charge in [0, 0.05) is 12.6 Å². The van der Waals surface area contributed by atoms with Crippen molar-refractivity contribution < 1.29 is 9.53 Å². The van der Waals surface area contributed by atoms with E-state index in [0.29, 0.717) is 11.9 Å². The summed E-state index contributed by atoms with van der Waals surface area (Å²) in [6.45, 7) is 1.95. The van der Waals surface area contributed by atoms with E-state index < -0.39 is 5.97 Å². The van der Waals surface area contributed by atoms with Crippen molar-refractivity contribution in [2.75, 3.05) is 32.6 Å². The summed E-state index contributed by atoms with van der Waals surface area (Å²) in [7, 11) is 3.45. The van der Waals surface area contributed by atoms with Gasteiger partial charge in [-0.2, -0.15) is 0 Å². The number of nitrogens with one attached hydrogen (secondary N) is 1. The molecule has 18 heavy (non-hydrogen) atoms. The molecule has 2 rings (SSSR count). The summed E-state index contributed by atoms with van der Waals surface area (Å²) in [5.74, 6) is 0.141. The summed E-state index contributed by atoms with van der Waals surface area (Å²) >= 11 is 0. The molecule has 0 amide bonds. The number of aromatic nitrogens is 2. The molecule has 1 unspecified atom stereocenters. The number of likely N-dealkylation sites (N-methyl/N-ethyl adjacent to an activating group) is 1. The Morgan fingerprint density at radius 2 is 2.44 bits per heavy atom. The highest BCUT2D eigenvalue weighted by atomic mass is 16.5. The zero-order chi connectivity index (χ0) is 13.0. The van der Waals surface area contributed by atoms with Crippen molar-refractivity contribution in [1.82, 2.24) is 14.9 Å². The highest BCUT2D eigenvalue weighted by Crippen LogP contribution is 2.15. The van der Waals surface area contributed by atoms with Gasteiger partial charge in [0.1, 0.15) is 5.82 Å². The number of nitrogens with zero attached hydrogens (tertiary/aromatic N) is 3. The number of anilines is 1. The molecule has 1 aliphatic rings. The summed E-state index contributed by atoms with van der Waals surface area (Å²) in [5, 5.41) is 3.21. The van der Waals surface area contributed by atoms with E-state index in [0.717, 1.165) is 13.1 Å². The van der Waals surface area contributed by atoms with Crippen LogP contribution in [0.5, 0.6) is 0 Å². The normalized spacial score (nSPS) is 19.8. The lowest BCUT2D eigenvalue weighted by molar-refractivity contribution is 0.0593. The van der Waals surface area contributed by atoms with Gasteiger partial charge in [0.05, 0.1) is 19.5 Å². The highest BCUT2D eigenvalue weighted by molar-refractivity contribution is 5.87. The second kappa shape index (κ2) is 5.77. The molecular formula is C12H18N4O2. The smallest absolute Gasteiger partial charge is 0.358 e. The van der Waals surface area contributed by atoms with E-state index in [4.69, 9.17) is 0 Å². The van der Waals surface area contributed by atoms with Gasteiger partial charge < -0.3 is 15.0 Å². The van der Waals surface area contributed by atoms with Gasteiger partial charge in [0.25, 0.3) is 0 Å². The molecule has 1 saturated heterocycles. The number of rotatable bonds is 4. The van der Waals surface area contributed by atoms with E-state index in [9.17, 15) is 4.79 Å². The number of methoxy groups -OCH3 is 1. The van der Waals surface area contributed by atoms with Crippen molar-refractivity contribution in [2.24, 2.45) is 0 Å². The lowest BCUT2D eigenvalue weighted by atomic mass is 10.2. The maximum absolute atomic E-state index is 11.3. The molecule has 2 heterocycles. The molecule has 0 spiro atoms. The highest BCUT2D eigenvalue weighted by Gasteiger charge is 2.20. The van der Waals surface area contributed by atoms with Crippen molar-refractivity contribution >= 4 is 11.8 Å². The summed E-state index contributed by atoms with van der Waals surface area (Å²) in [4.78, 5) is 21.8. The Balaban J connectivity index is 1.95. The third kappa shape index (κ3) is 2.95. The number of hydrogen-bond donors (Lipinski definition) is 1. The molecule has 6 nitrogen and oxygen atoms in total. The van der Waals surface area contributed by atoms with E-state index in [-0.39, 0.29) is 5.69 Å². The van der Waals surface area contributed by atoms with Gasteiger partial charge >= 0.3 is 5.97 Å². The van der Waals surface area contributed by atoms with Crippen LogP contribution in [0.15, 0.2) is 12.4 Å². The molecule has 0 saturated carbocycles. The van der Waals surface area contributed by atoms with Gasteiger partial charge in [-0.3, -0.25) is 4.98 Å². The fourth-order valence-corrected chi connectivity index (χ4v) is 2.11. The molecule has 1 aromatic rings. The summed E-state index contributed by atoms with van der Waals surface area (Å²) in [5.41, 5.74) is 0.224. The number of esters is 1. The lowest BCUT2D eigenvalue weighted by Gasteiger charge is -2.19. The first-order valence-electron chi connectivity index (χ1n) is 6.05. The molecular weight excluding hydrogens is 232 g/mol. The van der Waals surface area contributed by atoms with E-state index in [1.54, 1.807) is 6.20 Å². The first-order chi connectivity index (χ1) is 8.70. The molecule has 0 aliphatic carbocycles. The van der Waals surface area contributed by atoms with Crippen LogP contribution in [0, 0.1) is 0 Å². The van der Waals surface area contributed by atoms with Crippen LogP contribution in [0.2, 0.25) is 0 Å². The molecule has 0 bridgehead atoms. The van der Waals surface area contributed by atoms with E-state index >= 15 is 0 Å². The number of carbonyl (C=O) groups is 1. The Bertz CT molecular complexity index is 424. The Hall–Kier alpha value is -1.69. The van der Waals surface area contributed by atoms with E-state index in [1.165, 1.54) is 26.1 Å². The fourth-order valence-electron chi connectivity index (χ4n) is 2.11. The first kappa shape index (κ1) is 12.8. The maximum Gasteiger partial charge on any atom is 0.358 e. The number of hydrogen-bond acceptors (Lipinski definition) is 6. The van der Waals surface area contributed by atoms with Gasteiger partial charge in [0.15, 0.2) is 5.69 Å². The first-order valence-corrected chi connectivity index (χ1v) is 6.05. The van der Waals surface area contributed by atoms with Crippen molar-refractivity contribution in [1.29, 1.82) is 0 Å². The van der Waals surface area contributed by atoms with Gasteiger partial charge in [0.2, 0.25) is 0 Å². The topological polar surface area (TPSA) is 67.3 Å². The molecule has 1 aliphatic heterocycles. The zero-order valence-corrected chi connectivity index (χ0v) is 10.7. The van der Waals surface area contributed by atoms with Crippen LogP contribution in [0.4, 0.5) is 5.82 Å². The summed E-state index contributed by atoms with van der Waals surface area (Å²) in [6.07, 6.45) is 5.43. The Labute approximate surface area is 106 Å². The molecule has 1 aromatic heterocycles. The molecule has 6 heteroatoms. The largest absolute Gasteiger partial charge is 0.464 e. The molecule has 98 valence electrons. The van der Waals surface area contributed by atoms with E-state index in [1.807, 2.05) is 0 Å². The zero-order valence-electron chi connectivity index (χ0n) is 10.7. The molecule has 1 atom stereocenters. The summed E-state index contributed by atoms with van der Waals surface area (Å²) in [6, 6.07) is 0.522. The Kier molecular flexibility index (Phi) is 4.09. The predicted octanol–water partition coefficient (Wildman–Crippen LogP) is 0.769. The van der Waals surface area contributed by atoms with Crippen LogP contribution >= 0.6 is 0 Å². The van der Waals surface area contributed by atoms with Crippen molar-refractivity contribution in [3.8, 4) is 0 Å². The number of carbonyl (C=O) groups excluding carboxylic acids is 1. The van der Waals surface area contributed by atoms with Gasteiger partial charge in [-0.1, -0.05) is 0 Å². The second-order valence-corrected chi connectivity index (χ2v) is 4.44. The monoisotopic (exact) mass is 250 g/mol. The SMILES string of the molecule is COC(=O)c1cncc(NCC2CCCN2C)n1. The third-order valence-corrected chi connectivity index (χ3v) is 3.22. The molecule has 1 fully saturated rings. The quantitative estimate of drug-likeness (QED) is 0.796. The standard InChI is InChI=1S/C12H18N4O2/c1-16-5-3-4-9(16)6-14-11-8-13-7-10(15-11)12(17)18-2/h7-9H,3-6H2,1-2H3,(H,14,15). The average Bonchev–Trinajstić information content (AvgIpc) is 2.81. The van der Waals surface area contributed by atoms with Crippen molar-refractivity contribution in [2.45, 2.75) is 18.9 Å². The Morgan fingerprint density at radius 3 is 3.11 bits per heavy atom. The third-order valence-electron chi connectivity index (χ3n) is 3.22. The van der Waals surface area contributed by atoms with E-state index in [2.05, 4.69) is 32.0 Å². The minimum Gasteiger partial charge on any atom is -0.464 e.